The third-order valence-corrected chi connectivity index (χ3v) is 6.23. The fourth-order valence-electron chi connectivity index (χ4n) is 2.84. The lowest BCUT2D eigenvalue weighted by Crippen LogP contribution is -2.16. The molecule has 146 valence electrons. The lowest BCUT2D eigenvalue weighted by atomic mass is 10.2. The Morgan fingerprint density at radius 3 is 2.66 bits per heavy atom. The number of hydrogen-bond donors (Lipinski definition) is 1. The molecule has 0 bridgehead atoms. The molecular weight excluding hydrogens is 405 g/mol. The number of amides is 1. The van der Waals surface area contributed by atoms with Gasteiger partial charge in [-0.1, -0.05) is 24.3 Å². The van der Waals surface area contributed by atoms with Gasteiger partial charge in [-0.05, 0) is 48.2 Å². The highest BCUT2D eigenvalue weighted by molar-refractivity contribution is 8.14. The molecule has 3 aromatic rings. The van der Waals surface area contributed by atoms with E-state index in [1.807, 2.05) is 41.8 Å². The molecule has 1 amide bonds. The molecule has 0 spiro atoms. The number of thiophene rings is 1. The number of aryl methyl sites for hydroxylation is 1. The molecule has 1 aromatic heterocycles. The van der Waals surface area contributed by atoms with Gasteiger partial charge in [0.25, 0.3) is 0 Å². The van der Waals surface area contributed by atoms with Crippen LogP contribution in [0.25, 0.3) is 0 Å². The Kier molecular flexibility index (Phi) is 5.87. The fourth-order valence-corrected chi connectivity index (χ4v) is 4.33. The first-order chi connectivity index (χ1) is 14.1. The molecular formula is C22H18FN3OS2. The molecule has 0 radical (unpaired) electrons. The maximum absolute atomic E-state index is 13.7. The van der Waals surface area contributed by atoms with Crippen molar-refractivity contribution in [1.29, 1.82) is 0 Å². The van der Waals surface area contributed by atoms with Crippen molar-refractivity contribution in [3.05, 3.63) is 76.2 Å². The number of halogens is 1. The maximum atomic E-state index is 13.7. The van der Waals surface area contributed by atoms with Crippen molar-refractivity contribution >= 4 is 56.8 Å². The summed E-state index contributed by atoms with van der Waals surface area (Å²) in [4.78, 5) is 23.0. The van der Waals surface area contributed by atoms with Crippen molar-refractivity contribution in [3.63, 3.8) is 0 Å². The summed E-state index contributed by atoms with van der Waals surface area (Å²) in [5.74, 6) is -0.348. The quantitative estimate of drug-likeness (QED) is 0.549. The van der Waals surface area contributed by atoms with Crippen LogP contribution < -0.4 is 5.32 Å². The van der Waals surface area contributed by atoms with E-state index in [1.54, 1.807) is 30.4 Å². The van der Waals surface area contributed by atoms with E-state index in [-0.39, 0.29) is 17.5 Å². The van der Waals surface area contributed by atoms with Crippen LogP contribution in [0.3, 0.4) is 0 Å². The smallest absolute Gasteiger partial charge is 0.234 e. The van der Waals surface area contributed by atoms with Crippen LogP contribution in [0.2, 0.25) is 0 Å². The zero-order chi connectivity index (χ0) is 20.2. The number of carbonyl (C=O) groups excluding carboxylic acids is 1. The second-order valence-electron chi connectivity index (χ2n) is 6.51. The molecule has 29 heavy (non-hydrogen) atoms. The third kappa shape index (κ3) is 4.81. The minimum atomic E-state index is -0.336. The van der Waals surface area contributed by atoms with Crippen LogP contribution in [-0.4, -0.2) is 22.4 Å². The molecule has 2 heterocycles. The fraction of sp³-hybridized carbons (Fsp3) is 0.136. The summed E-state index contributed by atoms with van der Waals surface area (Å²) < 4.78 is 13.7. The van der Waals surface area contributed by atoms with Crippen LogP contribution in [-0.2, 0) is 4.79 Å². The molecule has 1 aliphatic heterocycles. The van der Waals surface area contributed by atoms with E-state index in [0.29, 0.717) is 17.7 Å². The van der Waals surface area contributed by atoms with Gasteiger partial charge in [0.1, 0.15) is 5.82 Å². The van der Waals surface area contributed by atoms with E-state index in [1.165, 1.54) is 17.8 Å². The van der Waals surface area contributed by atoms with E-state index in [9.17, 15) is 9.18 Å². The van der Waals surface area contributed by atoms with Gasteiger partial charge >= 0.3 is 0 Å². The Morgan fingerprint density at radius 2 is 1.93 bits per heavy atom. The van der Waals surface area contributed by atoms with Crippen molar-refractivity contribution in [3.8, 4) is 0 Å². The number of carbonyl (C=O) groups is 1. The highest BCUT2D eigenvalue weighted by Gasteiger charge is 2.17. The van der Waals surface area contributed by atoms with Crippen LogP contribution in [0.15, 0.2) is 70.0 Å². The Labute approximate surface area is 176 Å². The van der Waals surface area contributed by atoms with Crippen LogP contribution in [0.5, 0.6) is 0 Å². The van der Waals surface area contributed by atoms with E-state index in [0.717, 1.165) is 27.0 Å². The minimum Gasteiger partial charge on any atom is -0.325 e. The van der Waals surface area contributed by atoms with Gasteiger partial charge in [-0.3, -0.25) is 4.79 Å². The zero-order valence-electron chi connectivity index (χ0n) is 15.7. The Hall–Kier alpha value is -2.77. The van der Waals surface area contributed by atoms with Gasteiger partial charge in [-0.15, -0.1) is 23.1 Å². The number of rotatable bonds is 4. The largest absolute Gasteiger partial charge is 0.325 e. The SMILES string of the molecule is Cc1ccc(NC(=O)CSC2=Nc3ccccc3N=C(c3cccs3)C2)cc1F. The van der Waals surface area contributed by atoms with Crippen molar-refractivity contribution in [2.75, 3.05) is 11.1 Å². The van der Waals surface area contributed by atoms with Gasteiger partial charge in [-0.25, -0.2) is 14.4 Å². The second-order valence-corrected chi connectivity index (χ2v) is 8.50. The number of thioether (sulfide) groups is 1. The topological polar surface area (TPSA) is 53.8 Å². The van der Waals surface area contributed by atoms with Gasteiger partial charge in [0.15, 0.2) is 0 Å². The van der Waals surface area contributed by atoms with Gasteiger partial charge in [0.2, 0.25) is 5.91 Å². The summed E-state index contributed by atoms with van der Waals surface area (Å²) in [6.45, 7) is 1.69. The number of nitrogens with zero attached hydrogens (tertiary/aromatic N) is 2. The lowest BCUT2D eigenvalue weighted by Gasteiger charge is -2.08. The first-order valence-corrected chi connectivity index (χ1v) is 10.9. The van der Waals surface area contributed by atoms with E-state index < -0.39 is 0 Å². The number of anilines is 1. The standard InChI is InChI=1S/C22H18FN3OS2/c1-14-8-9-15(11-16(14)23)24-21(27)13-29-22-12-19(20-7-4-10-28-20)25-17-5-2-3-6-18(17)26-22/h2-11H,12-13H2,1H3,(H,24,27). The normalized spacial score (nSPS) is 13.2. The summed E-state index contributed by atoms with van der Waals surface area (Å²) in [7, 11) is 0. The molecule has 4 nitrogen and oxygen atoms in total. The molecule has 4 rings (SSSR count). The number of fused-ring (bicyclic) bond motifs is 1. The summed E-state index contributed by atoms with van der Waals surface area (Å²) in [5, 5.41) is 5.59. The van der Waals surface area contributed by atoms with Crippen molar-refractivity contribution in [1.82, 2.24) is 0 Å². The van der Waals surface area contributed by atoms with Crippen molar-refractivity contribution < 1.29 is 9.18 Å². The molecule has 0 aliphatic carbocycles. The number of para-hydroxylation sites is 2. The van der Waals surface area contributed by atoms with E-state index >= 15 is 0 Å². The number of benzene rings is 2. The van der Waals surface area contributed by atoms with Gasteiger partial charge in [0, 0.05) is 17.0 Å². The first kappa shape index (κ1) is 19.5. The summed E-state index contributed by atoms with van der Waals surface area (Å²) in [6.07, 6.45) is 0.562. The maximum Gasteiger partial charge on any atom is 0.234 e. The van der Waals surface area contributed by atoms with E-state index in [4.69, 9.17) is 9.98 Å². The highest BCUT2D eigenvalue weighted by Crippen LogP contribution is 2.34. The van der Waals surface area contributed by atoms with E-state index in [2.05, 4.69) is 5.32 Å². The summed E-state index contributed by atoms with van der Waals surface area (Å²) in [5.41, 5.74) is 3.56. The molecule has 0 atom stereocenters. The van der Waals surface area contributed by atoms with Crippen LogP contribution in [0.4, 0.5) is 21.5 Å². The Morgan fingerprint density at radius 1 is 1.14 bits per heavy atom. The molecule has 0 unspecified atom stereocenters. The summed E-state index contributed by atoms with van der Waals surface area (Å²) >= 11 is 3.01. The predicted molar refractivity (Wildman–Crippen MR) is 121 cm³/mol. The van der Waals surface area contributed by atoms with Gasteiger partial charge in [0.05, 0.1) is 27.9 Å². The van der Waals surface area contributed by atoms with Gasteiger partial charge in [-0.2, -0.15) is 0 Å². The summed E-state index contributed by atoms with van der Waals surface area (Å²) in [6, 6.07) is 16.4. The molecule has 0 fully saturated rings. The zero-order valence-corrected chi connectivity index (χ0v) is 17.3. The molecule has 1 N–H and O–H groups in total. The second kappa shape index (κ2) is 8.71. The number of hydrogen-bond acceptors (Lipinski definition) is 5. The van der Waals surface area contributed by atoms with Crippen LogP contribution >= 0.6 is 23.1 Å². The van der Waals surface area contributed by atoms with Crippen LogP contribution in [0, 0.1) is 12.7 Å². The number of aliphatic imine (C=N–C) groups is 2. The molecule has 0 saturated heterocycles. The Balaban J connectivity index is 1.49. The number of nitrogens with one attached hydrogen (secondary N) is 1. The minimum absolute atomic E-state index is 0.189. The molecule has 1 aliphatic rings. The lowest BCUT2D eigenvalue weighted by molar-refractivity contribution is -0.113. The van der Waals surface area contributed by atoms with Crippen molar-refractivity contribution in [2.45, 2.75) is 13.3 Å². The predicted octanol–water partition coefficient (Wildman–Crippen LogP) is 6.12. The first-order valence-electron chi connectivity index (χ1n) is 9.05. The molecule has 2 aromatic carbocycles. The average Bonchev–Trinajstić information content (AvgIpc) is 3.18. The van der Waals surface area contributed by atoms with Crippen molar-refractivity contribution in [2.24, 2.45) is 9.98 Å². The van der Waals surface area contributed by atoms with Crippen LogP contribution in [0.1, 0.15) is 16.9 Å². The molecule has 7 heteroatoms. The van der Waals surface area contributed by atoms with Gasteiger partial charge < -0.3 is 5.32 Å². The third-order valence-electron chi connectivity index (χ3n) is 4.33. The monoisotopic (exact) mass is 423 g/mol. The average molecular weight is 424 g/mol. The Bertz CT molecular complexity index is 1110. The molecule has 0 saturated carbocycles. The highest BCUT2D eigenvalue weighted by atomic mass is 32.2.